The van der Waals surface area contributed by atoms with Gasteiger partial charge in [-0.15, -0.1) is 0 Å². The molecule has 1 amide bonds. The summed E-state index contributed by atoms with van der Waals surface area (Å²) in [6.07, 6.45) is 6.19. The van der Waals surface area contributed by atoms with Crippen molar-refractivity contribution in [1.29, 1.82) is 0 Å². The van der Waals surface area contributed by atoms with Crippen LogP contribution in [0.2, 0.25) is 0 Å². The van der Waals surface area contributed by atoms with Crippen LogP contribution >= 0.6 is 0 Å². The number of benzene rings is 1. The number of carbonyl (C=O) groups is 1. The van der Waals surface area contributed by atoms with Crippen molar-refractivity contribution in [3.8, 4) is 5.75 Å². The molecule has 0 bridgehead atoms. The molecule has 6 nitrogen and oxygen atoms in total. The lowest BCUT2D eigenvalue weighted by Crippen LogP contribution is -2.41. The first-order valence-electron chi connectivity index (χ1n) is 9.31. The third kappa shape index (κ3) is 3.46. The van der Waals surface area contributed by atoms with Gasteiger partial charge in [0.05, 0.1) is 18.8 Å². The smallest absolute Gasteiger partial charge is 0.222 e. The minimum absolute atomic E-state index is 0.0289. The molecular formula is C20H25N3O3. The number of nitrogens with zero attached hydrogens (tertiary/aromatic N) is 2. The maximum Gasteiger partial charge on any atom is 0.222 e. The van der Waals surface area contributed by atoms with Gasteiger partial charge < -0.3 is 19.7 Å². The Hall–Kier alpha value is -2.34. The van der Waals surface area contributed by atoms with Crippen LogP contribution in [0.3, 0.4) is 0 Å². The van der Waals surface area contributed by atoms with Crippen LogP contribution < -0.4 is 10.1 Å². The van der Waals surface area contributed by atoms with E-state index >= 15 is 0 Å². The van der Waals surface area contributed by atoms with E-state index in [1.807, 2.05) is 29.8 Å². The third-order valence-electron chi connectivity index (χ3n) is 5.51. The highest BCUT2D eigenvalue weighted by Gasteiger charge is 2.36. The Labute approximate surface area is 153 Å². The first-order chi connectivity index (χ1) is 12.6. The summed E-state index contributed by atoms with van der Waals surface area (Å²) in [5, 5.41) is 12.9. The fourth-order valence-corrected chi connectivity index (χ4v) is 3.88. The van der Waals surface area contributed by atoms with Gasteiger partial charge in [-0.1, -0.05) is 6.07 Å². The summed E-state index contributed by atoms with van der Waals surface area (Å²) in [7, 11) is 0. The molecule has 1 saturated carbocycles. The maximum atomic E-state index is 12.6. The predicted molar refractivity (Wildman–Crippen MR) is 96.8 cm³/mol. The van der Waals surface area contributed by atoms with Crippen molar-refractivity contribution >= 4 is 5.91 Å². The quantitative estimate of drug-likeness (QED) is 0.832. The van der Waals surface area contributed by atoms with E-state index in [1.54, 1.807) is 6.20 Å². The molecule has 1 unspecified atom stereocenters. The van der Waals surface area contributed by atoms with Crippen molar-refractivity contribution in [2.75, 3.05) is 6.61 Å². The summed E-state index contributed by atoms with van der Waals surface area (Å²) in [6.45, 7) is 3.28. The summed E-state index contributed by atoms with van der Waals surface area (Å²) in [5.74, 6) is 2.17. The van der Waals surface area contributed by atoms with Crippen molar-refractivity contribution in [2.45, 2.75) is 51.3 Å². The number of amides is 1. The molecule has 0 radical (unpaired) electrons. The number of hydrogen-bond acceptors (Lipinski definition) is 4. The number of fused-ring (bicyclic) bond motifs is 1. The van der Waals surface area contributed by atoms with E-state index in [1.165, 1.54) is 5.56 Å². The first-order valence-corrected chi connectivity index (χ1v) is 9.31. The molecule has 1 aliphatic heterocycles. The molecule has 1 atom stereocenters. The Morgan fingerprint density at radius 1 is 1.46 bits per heavy atom. The standard InChI is InChI=1S/C20H25N3O3/c1-13-21-6-8-23(13)7-4-19(25)22-20(16-11-17(24)12-16)15-2-3-18-14(10-15)5-9-26-18/h2-3,6,8,10,16-17,20,24H,4-5,7,9,11-12H2,1H3,(H,22,25). The highest BCUT2D eigenvalue weighted by Crippen LogP contribution is 2.39. The van der Waals surface area contributed by atoms with E-state index in [-0.39, 0.29) is 24.0 Å². The Kier molecular flexibility index (Phi) is 4.68. The van der Waals surface area contributed by atoms with Crippen LogP contribution in [-0.2, 0) is 17.8 Å². The molecule has 2 N–H and O–H groups in total. The third-order valence-corrected chi connectivity index (χ3v) is 5.51. The number of aliphatic hydroxyl groups excluding tert-OH is 1. The van der Waals surface area contributed by atoms with Crippen LogP contribution in [0.25, 0.3) is 0 Å². The Bertz CT molecular complexity index is 795. The van der Waals surface area contributed by atoms with E-state index in [4.69, 9.17) is 4.74 Å². The second kappa shape index (κ2) is 7.11. The summed E-state index contributed by atoms with van der Waals surface area (Å²) >= 11 is 0. The molecule has 4 rings (SSSR count). The number of aryl methyl sites for hydroxylation is 2. The molecule has 0 saturated heterocycles. The van der Waals surface area contributed by atoms with Crippen LogP contribution in [0.5, 0.6) is 5.75 Å². The van der Waals surface area contributed by atoms with Gasteiger partial charge in [-0.25, -0.2) is 4.98 Å². The van der Waals surface area contributed by atoms with Crippen LogP contribution in [0.1, 0.15) is 42.3 Å². The average Bonchev–Trinajstić information content (AvgIpc) is 3.23. The summed E-state index contributed by atoms with van der Waals surface area (Å²) in [4.78, 5) is 16.7. The monoisotopic (exact) mass is 355 g/mol. The Morgan fingerprint density at radius 3 is 3.04 bits per heavy atom. The Balaban J connectivity index is 1.45. The molecule has 138 valence electrons. The molecule has 6 heteroatoms. The Morgan fingerprint density at radius 2 is 2.31 bits per heavy atom. The second-order valence-electron chi connectivity index (χ2n) is 7.31. The van der Waals surface area contributed by atoms with Gasteiger partial charge in [0.1, 0.15) is 11.6 Å². The van der Waals surface area contributed by atoms with Crippen LogP contribution in [0, 0.1) is 12.8 Å². The van der Waals surface area contributed by atoms with Crippen molar-refractivity contribution < 1.29 is 14.6 Å². The van der Waals surface area contributed by atoms with Gasteiger partial charge in [0.15, 0.2) is 0 Å². The van der Waals surface area contributed by atoms with Crippen LogP contribution in [0.4, 0.5) is 0 Å². The summed E-state index contributed by atoms with van der Waals surface area (Å²) < 4.78 is 7.57. The predicted octanol–water partition coefficient (Wildman–Crippen LogP) is 2.14. The van der Waals surface area contributed by atoms with Gasteiger partial charge >= 0.3 is 0 Å². The number of aromatic nitrogens is 2. The van der Waals surface area contributed by atoms with E-state index in [0.717, 1.165) is 43.0 Å². The molecule has 1 fully saturated rings. The summed E-state index contributed by atoms with van der Waals surface area (Å²) in [5.41, 5.74) is 2.31. The molecule has 2 aliphatic rings. The molecule has 0 spiro atoms. The lowest BCUT2D eigenvalue weighted by Gasteiger charge is -2.38. The van der Waals surface area contributed by atoms with Crippen LogP contribution in [-0.4, -0.2) is 33.3 Å². The number of ether oxygens (including phenoxy) is 1. The fourth-order valence-electron chi connectivity index (χ4n) is 3.88. The van der Waals surface area contributed by atoms with Crippen molar-refractivity contribution in [1.82, 2.24) is 14.9 Å². The number of imidazole rings is 1. The highest BCUT2D eigenvalue weighted by atomic mass is 16.5. The number of aliphatic hydroxyl groups is 1. The zero-order valence-corrected chi connectivity index (χ0v) is 15.0. The maximum absolute atomic E-state index is 12.6. The van der Waals surface area contributed by atoms with Crippen molar-refractivity contribution in [2.24, 2.45) is 5.92 Å². The molecule has 1 aromatic heterocycles. The second-order valence-corrected chi connectivity index (χ2v) is 7.31. The normalized spacial score (nSPS) is 22.2. The van der Waals surface area contributed by atoms with E-state index in [9.17, 15) is 9.90 Å². The van der Waals surface area contributed by atoms with Crippen molar-refractivity contribution in [3.05, 3.63) is 47.5 Å². The molecule has 2 aromatic rings. The largest absolute Gasteiger partial charge is 0.493 e. The fraction of sp³-hybridized carbons (Fsp3) is 0.500. The molecule has 1 aliphatic carbocycles. The van der Waals surface area contributed by atoms with E-state index in [0.29, 0.717) is 13.0 Å². The minimum atomic E-state index is -0.245. The molecule has 2 heterocycles. The van der Waals surface area contributed by atoms with Crippen molar-refractivity contribution in [3.63, 3.8) is 0 Å². The van der Waals surface area contributed by atoms with E-state index in [2.05, 4.69) is 16.4 Å². The topological polar surface area (TPSA) is 76.4 Å². The SMILES string of the molecule is Cc1nccn1CCC(=O)NC(c1ccc2c(c1)CCO2)C1CC(O)C1. The summed E-state index contributed by atoms with van der Waals surface area (Å²) in [6, 6.07) is 6.14. The van der Waals surface area contributed by atoms with Gasteiger partial charge in [0.25, 0.3) is 0 Å². The lowest BCUT2D eigenvalue weighted by molar-refractivity contribution is -0.123. The zero-order chi connectivity index (χ0) is 18.1. The average molecular weight is 355 g/mol. The lowest BCUT2D eigenvalue weighted by atomic mass is 9.75. The van der Waals surface area contributed by atoms with Gasteiger partial charge in [-0.3, -0.25) is 4.79 Å². The molecular weight excluding hydrogens is 330 g/mol. The number of hydrogen-bond donors (Lipinski definition) is 2. The van der Waals surface area contributed by atoms with Gasteiger partial charge in [-0.05, 0) is 48.9 Å². The van der Waals surface area contributed by atoms with Crippen LogP contribution in [0.15, 0.2) is 30.6 Å². The molecule has 26 heavy (non-hydrogen) atoms. The van der Waals surface area contributed by atoms with E-state index < -0.39 is 0 Å². The number of rotatable bonds is 6. The number of carbonyl (C=O) groups excluding carboxylic acids is 1. The number of nitrogens with one attached hydrogen (secondary N) is 1. The molecule has 1 aromatic carbocycles. The highest BCUT2D eigenvalue weighted by molar-refractivity contribution is 5.76. The van der Waals surface area contributed by atoms with Gasteiger partial charge in [0, 0.05) is 31.8 Å². The first kappa shape index (κ1) is 17.1. The zero-order valence-electron chi connectivity index (χ0n) is 15.0. The van der Waals surface area contributed by atoms with Gasteiger partial charge in [-0.2, -0.15) is 0 Å². The minimum Gasteiger partial charge on any atom is -0.493 e. The van der Waals surface area contributed by atoms with Gasteiger partial charge in [0.2, 0.25) is 5.91 Å².